The SMILES string of the molecule is Cc1nc2cc(C(=O)Oc3nc4ccccc4s3)ccc2n1-c1ccccc1. The van der Waals surface area contributed by atoms with Crippen LogP contribution >= 0.6 is 11.3 Å². The molecule has 0 bridgehead atoms. The first-order valence-electron chi connectivity index (χ1n) is 8.81. The second kappa shape index (κ2) is 6.58. The van der Waals surface area contributed by atoms with Gasteiger partial charge in [0.05, 0.1) is 26.8 Å². The quantitative estimate of drug-likeness (QED) is 0.402. The molecule has 0 saturated heterocycles. The van der Waals surface area contributed by atoms with E-state index in [1.54, 1.807) is 12.1 Å². The van der Waals surface area contributed by atoms with Crippen LogP contribution in [-0.2, 0) is 0 Å². The van der Waals surface area contributed by atoms with Gasteiger partial charge >= 0.3 is 5.97 Å². The molecule has 0 radical (unpaired) electrons. The zero-order chi connectivity index (χ0) is 19.1. The van der Waals surface area contributed by atoms with Crippen LogP contribution in [0.1, 0.15) is 16.2 Å². The zero-order valence-corrected chi connectivity index (χ0v) is 15.8. The van der Waals surface area contributed by atoms with Gasteiger partial charge in [0.1, 0.15) is 5.82 Å². The van der Waals surface area contributed by atoms with Gasteiger partial charge in [0.25, 0.3) is 5.19 Å². The predicted molar refractivity (Wildman–Crippen MR) is 110 cm³/mol. The molecule has 2 aromatic heterocycles. The molecule has 136 valence electrons. The van der Waals surface area contributed by atoms with E-state index in [0.29, 0.717) is 10.8 Å². The average molecular weight is 385 g/mol. The molecule has 0 aliphatic rings. The lowest BCUT2D eigenvalue weighted by Crippen LogP contribution is -2.08. The molecule has 0 atom stereocenters. The summed E-state index contributed by atoms with van der Waals surface area (Å²) in [5, 5.41) is 0.345. The predicted octanol–water partition coefficient (Wildman–Crippen LogP) is 5.16. The molecular formula is C22H15N3O2S. The van der Waals surface area contributed by atoms with Crippen molar-refractivity contribution < 1.29 is 9.53 Å². The molecule has 28 heavy (non-hydrogen) atoms. The lowest BCUT2D eigenvalue weighted by atomic mass is 10.2. The number of aryl methyl sites for hydroxylation is 1. The van der Waals surface area contributed by atoms with E-state index in [1.807, 2.05) is 67.6 Å². The van der Waals surface area contributed by atoms with E-state index in [-0.39, 0.29) is 0 Å². The summed E-state index contributed by atoms with van der Waals surface area (Å²) in [6.07, 6.45) is 0. The van der Waals surface area contributed by atoms with Crippen molar-refractivity contribution in [2.45, 2.75) is 6.92 Å². The van der Waals surface area contributed by atoms with Crippen molar-refractivity contribution in [3.8, 4) is 10.9 Å². The Morgan fingerprint density at radius 1 is 0.929 bits per heavy atom. The topological polar surface area (TPSA) is 57.0 Å². The van der Waals surface area contributed by atoms with Crippen molar-refractivity contribution in [1.29, 1.82) is 0 Å². The Kier molecular flexibility index (Phi) is 3.91. The summed E-state index contributed by atoms with van der Waals surface area (Å²) in [4.78, 5) is 21.6. The smallest absolute Gasteiger partial charge is 0.345 e. The molecule has 5 nitrogen and oxygen atoms in total. The van der Waals surface area contributed by atoms with Crippen molar-refractivity contribution in [2.75, 3.05) is 0 Å². The highest BCUT2D eigenvalue weighted by molar-refractivity contribution is 7.20. The molecule has 2 heterocycles. The van der Waals surface area contributed by atoms with Crippen LogP contribution in [0.15, 0.2) is 72.8 Å². The monoisotopic (exact) mass is 385 g/mol. The van der Waals surface area contributed by atoms with Gasteiger partial charge in [-0.15, -0.1) is 0 Å². The molecule has 0 fully saturated rings. The number of aromatic nitrogens is 3. The van der Waals surface area contributed by atoms with Crippen molar-refractivity contribution in [3.63, 3.8) is 0 Å². The van der Waals surface area contributed by atoms with Crippen molar-refractivity contribution in [3.05, 3.63) is 84.2 Å². The minimum Gasteiger partial charge on any atom is -0.394 e. The molecule has 5 rings (SSSR count). The van der Waals surface area contributed by atoms with E-state index in [9.17, 15) is 4.79 Å². The molecule has 6 heteroatoms. The Labute approximate surface area is 164 Å². The first-order valence-corrected chi connectivity index (χ1v) is 9.63. The Morgan fingerprint density at radius 3 is 2.54 bits per heavy atom. The number of benzene rings is 3. The zero-order valence-electron chi connectivity index (χ0n) is 15.0. The molecule has 0 spiro atoms. The summed E-state index contributed by atoms with van der Waals surface area (Å²) in [6, 6.07) is 23.1. The van der Waals surface area contributed by atoms with Gasteiger partial charge in [0.15, 0.2) is 0 Å². The van der Waals surface area contributed by atoms with E-state index in [0.717, 1.165) is 32.8 Å². The minimum absolute atomic E-state index is 0.345. The maximum Gasteiger partial charge on any atom is 0.345 e. The van der Waals surface area contributed by atoms with Crippen molar-refractivity contribution in [2.24, 2.45) is 0 Å². The summed E-state index contributed by atoms with van der Waals surface area (Å²) in [5.41, 5.74) is 4.00. The number of thiazole rings is 1. The maximum absolute atomic E-state index is 12.6. The molecule has 0 saturated carbocycles. The molecule has 0 amide bonds. The van der Waals surface area contributed by atoms with Gasteiger partial charge in [-0.25, -0.2) is 14.8 Å². The number of carbonyl (C=O) groups excluding carboxylic acids is 1. The highest BCUT2D eigenvalue weighted by Gasteiger charge is 2.16. The minimum atomic E-state index is -0.437. The summed E-state index contributed by atoms with van der Waals surface area (Å²) in [7, 11) is 0. The van der Waals surface area contributed by atoms with Crippen LogP contribution in [0.25, 0.3) is 26.9 Å². The van der Waals surface area contributed by atoms with Crippen LogP contribution in [0.2, 0.25) is 0 Å². The molecule has 5 aromatic rings. The van der Waals surface area contributed by atoms with Gasteiger partial charge in [-0.1, -0.05) is 41.7 Å². The number of imidazole rings is 1. The van der Waals surface area contributed by atoms with Gasteiger partial charge in [-0.3, -0.25) is 4.57 Å². The average Bonchev–Trinajstić information content (AvgIpc) is 3.27. The fourth-order valence-corrected chi connectivity index (χ4v) is 4.08. The molecule has 3 aromatic carbocycles. The molecule has 0 unspecified atom stereocenters. The number of fused-ring (bicyclic) bond motifs is 2. The number of ether oxygens (including phenoxy) is 1. The van der Waals surface area contributed by atoms with Crippen LogP contribution in [0, 0.1) is 6.92 Å². The number of esters is 1. The van der Waals surface area contributed by atoms with Gasteiger partial charge in [-0.2, -0.15) is 0 Å². The number of rotatable bonds is 3. The third-order valence-corrected chi connectivity index (χ3v) is 5.44. The summed E-state index contributed by atoms with van der Waals surface area (Å²) >= 11 is 1.35. The third kappa shape index (κ3) is 2.84. The van der Waals surface area contributed by atoms with E-state index in [1.165, 1.54) is 11.3 Å². The van der Waals surface area contributed by atoms with Crippen molar-refractivity contribution in [1.82, 2.24) is 14.5 Å². The largest absolute Gasteiger partial charge is 0.394 e. The van der Waals surface area contributed by atoms with Crippen LogP contribution in [0.3, 0.4) is 0 Å². The Balaban J connectivity index is 1.48. The maximum atomic E-state index is 12.6. The Morgan fingerprint density at radius 2 is 1.71 bits per heavy atom. The summed E-state index contributed by atoms with van der Waals surface area (Å²) in [5.74, 6) is 0.422. The summed E-state index contributed by atoms with van der Waals surface area (Å²) < 4.78 is 8.54. The fourth-order valence-electron chi connectivity index (χ4n) is 3.26. The standard InChI is InChI=1S/C22H15N3O2S/c1-14-23-18-13-15(11-12-19(18)25(14)16-7-3-2-4-8-16)21(26)27-22-24-17-9-5-6-10-20(17)28-22/h2-13H,1H3. The van der Waals surface area contributed by atoms with Gasteiger partial charge in [0.2, 0.25) is 0 Å². The lowest BCUT2D eigenvalue weighted by molar-refractivity contribution is 0.0735. The highest BCUT2D eigenvalue weighted by Crippen LogP contribution is 2.28. The molecule has 0 aliphatic carbocycles. The lowest BCUT2D eigenvalue weighted by Gasteiger charge is -2.06. The number of para-hydroxylation sites is 2. The van der Waals surface area contributed by atoms with Gasteiger partial charge in [0, 0.05) is 5.69 Å². The Bertz CT molecular complexity index is 1290. The van der Waals surface area contributed by atoms with Gasteiger partial charge in [-0.05, 0) is 49.4 Å². The van der Waals surface area contributed by atoms with Crippen LogP contribution < -0.4 is 4.74 Å². The third-order valence-electron chi connectivity index (χ3n) is 4.53. The van der Waals surface area contributed by atoms with Crippen LogP contribution in [-0.4, -0.2) is 20.5 Å². The summed E-state index contributed by atoms with van der Waals surface area (Å²) in [6.45, 7) is 1.95. The molecule has 0 N–H and O–H groups in total. The number of hydrogen-bond donors (Lipinski definition) is 0. The second-order valence-electron chi connectivity index (χ2n) is 6.37. The van der Waals surface area contributed by atoms with Crippen LogP contribution in [0.4, 0.5) is 0 Å². The van der Waals surface area contributed by atoms with E-state index in [2.05, 4.69) is 14.5 Å². The van der Waals surface area contributed by atoms with E-state index < -0.39 is 5.97 Å². The number of nitrogens with zero attached hydrogens (tertiary/aromatic N) is 3. The van der Waals surface area contributed by atoms with E-state index in [4.69, 9.17) is 4.74 Å². The van der Waals surface area contributed by atoms with Crippen LogP contribution in [0.5, 0.6) is 5.19 Å². The first-order chi connectivity index (χ1) is 13.7. The van der Waals surface area contributed by atoms with Gasteiger partial charge < -0.3 is 4.74 Å². The Hall–Kier alpha value is -3.51. The number of carbonyl (C=O) groups is 1. The van der Waals surface area contributed by atoms with Crippen molar-refractivity contribution >= 4 is 38.6 Å². The molecular weight excluding hydrogens is 370 g/mol. The van der Waals surface area contributed by atoms with E-state index >= 15 is 0 Å². The normalized spacial score (nSPS) is 11.2. The second-order valence-corrected chi connectivity index (χ2v) is 7.36. The number of hydrogen-bond acceptors (Lipinski definition) is 5. The highest BCUT2D eigenvalue weighted by atomic mass is 32.1. The molecule has 0 aliphatic heterocycles. The first kappa shape index (κ1) is 16.6. The fraction of sp³-hybridized carbons (Fsp3) is 0.0455.